The van der Waals surface area contributed by atoms with Gasteiger partial charge in [-0.2, -0.15) is 0 Å². The molecule has 0 bridgehead atoms. The fourth-order valence-electron chi connectivity index (χ4n) is 2.00. The van der Waals surface area contributed by atoms with Gasteiger partial charge in [0.05, 0.1) is 5.56 Å². The summed E-state index contributed by atoms with van der Waals surface area (Å²) in [6.45, 7) is 1.46. The van der Waals surface area contributed by atoms with Crippen molar-refractivity contribution >= 4 is 5.78 Å². The third kappa shape index (κ3) is 2.18. The van der Waals surface area contributed by atoms with Crippen LogP contribution in [0.2, 0.25) is 0 Å². The van der Waals surface area contributed by atoms with Crippen LogP contribution in [0.1, 0.15) is 17.3 Å². The maximum absolute atomic E-state index is 13.7. The number of ketones is 1. The van der Waals surface area contributed by atoms with Gasteiger partial charge < -0.3 is 14.2 Å². The van der Waals surface area contributed by atoms with Gasteiger partial charge in [0, 0.05) is 6.07 Å². The number of halogens is 1. The summed E-state index contributed by atoms with van der Waals surface area (Å²) in [5.74, 6) is 0.819. The fraction of sp³-hybridized carbons (Fsp3) is 0.133. The quantitative estimate of drug-likeness (QED) is 0.803. The topological polar surface area (TPSA) is 44.8 Å². The van der Waals surface area contributed by atoms with Crippen LogP contribution in [0, 0.1) is 5.82 Å². The Hall–Kier alpha value is -2.56. The van der Waals surface area contributed by atoms with Crippen molar-refractivity contribution in [1.29, 1.82) is 0 Å². The molecule has 0 unspecified atom stereocenters. The molecule has 0 spiro atoms. The van der Waals surface area contributed by atoms with Crippen LogP contribution in [0.25, 0.3) is 0 Å². The molecule has 2 aromatic rings. The SMILES string of the molecule is CC(=O)c1c(F)cccc1Oc1ccc2c(c1)OCO2. The van der Waals surface area contributed by atoms with Crippen LogP contribution in [0.15, 0.2) is 36.4 Å². The standard InChI is InChI=1S/C15H11FO4/c1-9(17)15-11(16)3-2-4-13(15)20-10-5-6-12-14(7-10)19-8-18-12/h2-7H,8H2,1H3. The smallest absolute Gasteiger partial charge is 0.231 e. The molecule has 0 radical (unpaired) electrons. The maximum Gasteiger partial charge on any atom is 0.231 e. The summed E-state index contributed by atoms with van der Waals surface area (Å²) < 4.78 is 29.7. The summed E-state index contributed by atoms with van der Waals surface area (Å²) >= 11 is 0. The number of ether oxygens (including phenoxy) is 3. The highest BCUT2D eigenvalue weighted by atomic mass is 19.1. The van der Waals surface area contributed by atoms with E-state index in [1.54, 1.807) is 24.3 Å². The van der Waals surface area contributed by atoms with Gasteiger partial charge in [0.15, 0.2) is 17.3 Å². The van der Waals surface area contributed by atoms with E-state index in [4.69, 9.17) is 14.2 Å². The highest BCUT2D eigenvalue weighted by Crippen LogP contribution is 2.37. The molecular formula is C15H11FO4. The van der Waals surface area contributed by atoms with E-state index in [2.05, 4.69) is 0 Å². The maximum atomic E-state index is 13.7. The fourth-order valence-corrected chi connectivity index (χ4v) is 2.00. The molecule has 0 fully saturated rings. The molecule has 0 amide bonds. The summed E-state index contributed by atoms with van der Waals surface area (Å²) in [6, 6.07) is 9.27. The lowest BCUT2D eigenvalue weighted by atomic mass is 10.1. The Labute approximate surface area is 114 Å². The summed E-state index contributed by atoms with van der Waals surface area (Å²) in [6.07, 6.45) is 0. The Balaban J connectivity index is 1.95. The monoisotopic (exact) mass is 274 g/mol. The average Bonchev–Trinajstić information content (AvgIpc) is 2.85. The van der Waals surface area contributed by atoms with Crippen LogP contribution in [0.3, 0.4) is 0 Å². The molecule has 0 saturated heterocycles. The number of benzene rings is 2. The number of Topliss-reactive ketones (excluding diaryl/α,β-unsaturated/α-hetero) is 1. The minimum atomic E-state index is -0.601. The van der Waals surface area contributed by atoms with Crippen molar-refractivity contribution in [1.82, 2.24) is 0 Å². The predicted molar refractivity (Wildman–Crippen MR) is 69.0 cm³/mol. The Kier molecular flexibility index (Phi) is 3.02. The molecule has 5 heteroatoms. The second kappa shape index (κ2) is 4.85. The average molecular weight is 274 g/mol. The lowest BCUT2D eigenvalue weighted by Gasteiger charge is -2.10. The Morgan fingerprint density at radius 2 is 2.00 bits per heavy atom. The summed E-state index contributed by atoms with van der Waals surface area (Å²) in [5, 5.41) is 0. The van der Waals surface area contributed by atoms with E-state index < -0.39 is 5.82 Å². The van der Waals surface area contributed by atoms with Crippen molar-refractivity contribution in [2.24, 2.45) is 0 Å². The molecule has 2 aromatic carbocycles. The first-order valence-corrected chi connectivity index (χ1v) is 6.02. The number of rotatable bonds is 3. The first-order chi connectivity index (χ1) is 9.65. The summed E-state index contributed by atoms with van der Waals surface area (Å²) in [7, 11) is 0. The highest BCUT2D eigenvalue weighted by molar-refractivity contribution is 5.97. The molecule has 0 saturated carbocycles. The second-order valence-electron chi connectivity index (χ2n) is 4.29. The van der Waals surface area contributed by atoms with Crippen LogP contribution < -0.4 is 14.2 Å². The predicted octanol–water partition coefficient (Wildman–Crippen LogP) is 3.55. The highest BCUT2D eigenvalue weighted by Gasteiger charge is 2.17. The van der Waals surface area contributed by atoms with Crippen molar-refractivity contribution in [2.45, 2.75) is 6.92 Å². The Morgan fingerprint density at radius 3 is 2.80 bits per heavy atom. The molecule has 0 aliphatic carbocycles. The van der Waals surface area contributed by atoms with E-state index in [-0.39, 0.29) is 23.9 Å². The molecule has 1 heterocycles. The van der Waals surface area contributed by atoms with Gasteiger partial charge in [0.25, 0.3) is 0 Å². The molecule has 102 valence electrons. The van der Waals surface area contributed by atoms with Crippen molar-refractivity contribution < 1.29 is 23.4 Å². The van der Waals surface area contributed by atoms with E-state index in [1.807, 2.05) is 0 Å². The van der Waals surface area contributed by atoms with E-state index in [1.165, 1.54) is 19.1 Å². The molecule has 1 aliphatic rings. The van der Waals surface area contributed by atoms with Gasteiger partial charge in [-0.3, -0.25) is 4.79 Å². The zero-order chi connectivity index (χ0) is 14.1. The number of carbonyl (C=O) groups excluding carboxylic acids is 1. The molecule has 0 atom stereocenters. The third-order valence-electron chi connectivity index (χ3n) is 2.90. The molecule has 0 aromatic heterocycles. The summed E-state index contributed by atoms with van der Waals surface area (Å²) in [5.41, 5.74) is -0.0647. The van der Waals surface area contributed by atoms with Gasteiger partial charge in [-0.15, -0.1) is 0 Å². The van der Waals surface area contributed by atoms with E-state index in [0.29, 0.717) is 17.2 Å². The van der Waals surface area contributed by atoms with Crippen molar-refractivity contribution in [3.63, 3.8) is 0 Å². The Morgan fingerprint density at radius 1 is 1.20 bits per heavy atom. The first-order valence-electron chi connectivity index (χ1n) is 6.02. The second-order valence-corrected chi connectivity index (χ2v) is 4.29. The van der Waals surface area contributed by atoms with Gasteiger partial charge in [0.2, 0.25) is 6.79 Å². The minimum absolute atomic E-state index is 0.0647. The molecule has 1 aliphatic heterocycles. The van der Waals surface area contributed by atoms with Gasteiger partial charge in [-0.05, 0) is 31.2 Å². The van der Waals surface area contributed by atoms with E-state index in [9.17, 15) is 9.18 Å². The number of hydrogen-bond donors (Lipinski definition) is 0. The minimum Gasteiger partial charge on any atom is -0.456 e. The van der Waals surface area contributed by atoms with Gasteiger partial charge in [0.1, 0.15) is 17.3 Å². The number of fused-ring (bicyclic) bond motifs is 1. The summed E-state index contributed by atoms with van der Waals surface area (Å²) in [4.78, 5) is 11.5. The normalized spacial score (nSPS) is 12.3. The van der Waals surface area contributed by atoms with Crippen LogP contribution in [-0.4, -0.2) is 12.6 Å². The lowest BCUT2D eigenvalue weighted by molar-refractivity contribution is 0.101. The van der Waals surface area contributed by atoms with Crippen LogP contribution in [-0.2, 0) is 0 Å². The van der Waals surface area contributed by atoms with Crippen LogP contribution in [0.4, 0.5) is 4.39 Å². The van der Waals surface area contributed by atoms with E-state index in [0.717, 1.165) is 0 Å². The van der Waals surface area contributed by atoms with Crippen LogP contribution >= 0.6 is 0 Å². The van der Waals surface area contributed by atoms with Crippen molar-refractivity contribution in [3.05, 3.63) is 47.8 Å². The van der Waals surface area contributed by atoms with Gasteiger partial charge in [-0.1, -0.05) is 6.07 Å². The van der Waals surface area contributed by atoms with Crippen molar-refractivity contribution in [3.8, 4) is 23.0 Å². The van der Waals surface area contributed by atoms with Gasteiger partial charge >= 0.3 is 0 Å². The first kappa shape index (κ1) is 12.5. The molecule has 0 N–H and O–H groups in total. The molecular weight excluding hydrogens is 263 g/mol. The largest absolute Gasteiger partial charge is 0.456 e. The van der Waals surface area contributed by atoms with E-state index >= 15 is 0 Å². The zero-order valence-corrected chi connectivity index (χ0v) is 10.7. The zero-order valence-electron chi connectivity index (χ0n) is 10.7. The third-order valence-corrected chi connectivity index (χ3v) is 2.90. The Bertz CT molecular complexity index is 682. The molecule has 4 nitrogen and oxygen atoms in total. The molecule has 20 heavy (non-hydrogen) atoms. The van der Waals surface area contributed by atoms with Crippen molar-refractivity contribution in [2.75, 3.05) is 6.79 Å². The molecule has 3 rings (SSSR count). The number of carbonyl (C=O) groups is 1. The van der Waals surface area contributed by atoms with Gasteiger partial charge in [-0.25, -0.2) is 4.39 Å². The number of hydrogen-bond acceptors (Lipinski definition) is 4. The van der Waals surface area contributed by atoms with Crippen LogP contribution in [0.5, 0.6) is 23.0 Å². The lowest BCUT2D eigenvalue weighted by Crippen LogP contribution is -2.00.